The summed E-state index contributed by atoms with van der Waals surface area (Å²) in [4.78, 5) is 16.6. The standard InChI is InChI=1S/C20H24ClN3O2/c1-15(16-5-4-6-17(21)13-16)22-20(26)14-23-9-11-24(12-10-23)18-7-2-3-8-19(18)25/h2-8,13,15,25H,9-12,14H2,1H3,(H,22,26)/t15-/m1/s1. The molecular formula is C20H24ClN3O2. The van der Waals surface area contributed by atoms with Gasteiger partial charge in [-0.3, -0.25) is 9.69 Å². The molecule has 1 atom stereocenters. The van der Waals surface area contributed by atoms with Crippen molar-refractivity contribution in [3.05, 3.63) is 59.1 Å². The number of phenolic OH excluding ortho intramolecular Hbond substituents is 1. The van der Waals surface area contributed by atoms with Crippen LogP contribution in [0.3, 0.4) is 0 Å². The fraction of sp³-hybridized carbons (Fsp3) is 0.350. The first-order valence-electron chi connectivity index (χ1n) is 8.83. The predicted molar refractivity (Wildman–Crippen MR) is 105 cm³/mol. The number of benzene rings is 2. The maximum Gasteiger partial charge on any atom is 0.234 e. The van der Waals surface area contributed by atoms with Gasteiger partial charge >= 0.3 is 0 Å². The van der Waals surface area contributed by atoms with E-state index < -0.39 is 0 Å². The fourth-order valence-corrected chi connectivity index (χ4v) is 3.43. The highest BCUT2D eigenvalue weighted by atomic mass is 35.5. The number of hydrogen-bond donors (Lipinski definition) is 2. The van der Waals surface area contributed by atoms with E-state index in [-0.39, 0.29) is 11.9 Å². The zero-order valence-corrected chi connectivity index (χ0v) is 15.6. The molecule has 0 spiro atoms. The maximum absolute atomic E-state index is 12.3. The van der Waals surface area contributed by atoms with Gasteiger partial charge in [0.05, 0.1) is 18.3 Å². The summed E-state index contributed by atoms with van der Waals surface area (Å²) in [5, 5.41) is 13.7. The molecule has 0 radical (unpaired) electrons. The average molecular weight is 374 g/mol. The third-order valence-electron chi connectivity index (χ3n) is 4.69. The molecule has 26 heavy (non-hydrogen) atoms. The summed E-state index contributed by atoms with van der Waals surface area (Å²) in [6.45, 7) is 5.48. The highest BCUT2D eigenvalue weighted by molar-refractivity contribution is 6.30. The molecular weight excluding hydrogens is 350 g/mol. The van der Waals surface area contributed by atoms with Crippen LogP contribution in [0.25, 0.3) is 0 Å². The Balaban J connectivity index is 1.48. The van der Waals surface area contributed by atoms with E-state index in [0.717, 1.165) is 37.4 Å². The Hall–Kier alpha value is -2.24. The molecule has 2 aromatic rings. The van der Waals surface area contributed by atoms with E-state index in [9.17, 15) is 9.90 Å². The molecule has 5 nitrogen and oxygen atoms in total. The number of hydrogen-bond acceptors (Lipinski definition) is 4. The summed E-state index contributed by atoms with van der Waals surface area (Å²) in [5.74, 6) is 0.308. The van der Waals surface area contributed by atoms with Crippen LogP contribution in [0, 0.1) is 0 Å². The molecule has 1 saturated heterocycles. The van der Waals surface area contributed by atoms with Crippen molar-refractivity contribution in [2.24, 2.45) is 0 Å². The summed E-state index contributed by atoms with van der Waals surface area (Å²) in [6.07, 6.45) is 0. The van der Waals surface area contributed by atoms with E-state index in [2.05, 4.69) is 15.1 Å². The Morgan fingerprint density at radius 3 is 2.58 bits per heavy atom. The van der Waals surface area contributed by atoms with Gasteiger partial charge < -0.3 is 15.3 Å². The Morgan fingerprint density at radius 2 is 1.88 bits per heavy atom. The van der Waals surface area contributed by atoms with Gasteiger partial charge in [-0.1, -0.05) is 35.9 Å². The lowest BCUT2D eigenvalue weighted by atomic mass is 10.1. The number of carbonyl (C=O) groups is 1. The number of para-hydroxylation sites is 2. The van der Waals surface area contributed by atoms with Gasteiger partial charge in [0.1, 0.15) is 5.75 Å². The van der Waals surface area contributed by atoms with Gasteiger partial charge in [0, 0.05) is 31.2 Å². The summed E-state index contributed by atoms with van der Waals surface area (Å²) < 4.78 is 0. The molecule has 1 aliphatic heterocycles. The first kappa shape index (κ1) is 18.5. The molecule has 1 aliphatic rings. The number of carbonyl (C=O) groups excluding carboxylic acids is 1. The van der Waals surface area contributed by atoms with Crippen LogP contribution in [0.15, 0.2) is 48.5 Å². The molecule has 0 saturated carbocycles. The van der Waals surface area contributed by atoms with Crippen LogP contribution in [-0.4, -0.2) is 48.6 Å². The van der Waals surface area contributed by atoms with Crippen molar-refractivity contribution >= 4 is 23.2 Å². The van der Waals surface area contributed by atoms with Crippen LogP contribution in [0.1, 0.15) is 18.5 Å². The van der Waals surface area contributed by atoms with Gasteiger partial charge in [0.2, 0.25) is 5.91 Å². The molecule has 1 fully saturated rings. The van der Waals surface area contributed by atoms with Crippen LogP contribution >= 0.6 is 11.6 Å². The van der Waals surface area contributed by atoms with Crippen LogP contribution < -0.4 is 10.2 Å². The number of anilines is 1. The van der Waals surface area contributed by atoms with Crippen molar-refractivity contribution in [3.63, 3.8) is 0 Å². The minimum Gasteiger partial charge on any atom is -0.506 e. The van der Waals surface area contributed by atoms with Gasteiger partial charge in [-0.15, -0.1) is 0 Å². The smallest absolute Gasteiger partial charge is 0.234 e. The van der Waals surface area contributed by atoms with E-state index in [4.69, 9.17) is 11.6 Å². The van der Waals surface area contributed by atoms with E-state index >= 15 is 0 Å². The second-order valence-electron chi connectivity index (χ2n) is 6.60. The van der Waals surface area contributed by atoms with Crippen molar-refractivity contribution in [3.8, 4) is 5.75 Å². The van der Waals surface area contributed by atoms with Gasteiger partial charge in [-0.2, -0.15) is 0 Å². The van der Waals surface area contributed by atoms with Crippen molar-refractivity contribution in [1.82, 2.24) is 10.2 Å². The van der Waals surface area contributed by atoms with Crippen molar-refractivity contribution in [2.45, 2.75) is 13.0 Å². The van der Waals surface area contributed by atoms with E-state index in [1.165, 1.54) is 0 Å². The van der Waals surface area contributed by atoms with Crippen molar-refractivity contribution < 1.29 is 9.90 Å². The first-order chi connectivity index (χ1) is 12.5. The Morgan fingerprint density at radius 1 is 1.15 bits per heavy atom. The topological polar surface area (TPSA) is 55.8 Å². The molecule has 138 valence electrons. The molecule has 3 rings (SSSR count). The minimum atomic E-state index is -0.0799. The zero-order chi connectivity index (χ0) is 18.5. The van der Waals surface area contributed by atoms with Crippen molar-refractivity contribution in [2.75, 3.05) is 37.6 Å². The number of halogens is 1. The second-order valence-corrected chi connectivity index (χ2v) is 7.03. The SMILES string of the molecule is C[C@@H](NC(=O)CN1CCN(c2ccccc2O)CC1)c1cccc(Cl)c1. The number of rotatable bonds is 5. The lowest BCUT2D eigenvalue weighted by Gasteiger charge is -2.36. The van der Waals surface area contributed by atoms with Crippen LogP contribution in [0.4, 0.5) is 5.69 Å². The summed E-state index contributed by atoms with van der Waals surface area (Å²) in [7, 11) is 0. The Kier molecular flexibility index (Phi) is 6.01. The fourth-order valence-electron chi connectivity index (χ4n) is 3.23. The Bertz CT molecular complexity index is 760. The van der Waals surface area contributed by atoms with E-state index in [1.807, 2.05) is 49.4 Å². The second kappa shape index (κ2) is 8.43. The number of amides is 1. The van der Waals surface area contributed by atoms with Crippen molar-refractivity contribution in [1.29, 1.82) is 0 Å². The molecule has 1 heterocycles. The first-order valence-corrected chi connectivity index (χ1v) is 9.21. The average Bonchev–Trinajstić information content (AvgIpc) is 2.63. The maximum atomic E-state index is 12.3. The Labute approximate surface area is 159 Å². The van der Waals surface area contributed by atoms with Crippen LogP contribution in [-0.2, 0) is 4.79 Å². The lowest BCUT2D eigenvalue weighted by Crippen LogP contribution is -2.49. The van der Waals surface area contributed by atoms with Gasteiger partial charge in [-0.25, -0.2) is 0 Å². The van der Waals surface area contributed by atoms with Crippen LogP contribution in [0.2, 0.25) is 5.02 Å². The normalized spacial score (nSPS) is 16.3. The number of phenols is 1. The molecule has 0 bridgehead atoms. The third kappa shape index (κ3) is 4.68. The third-order valence-corrected chi connectivity index (χ3v) is 4.92. The molecule has 6 heteroatoms. The zero-order valence-electron chi connectivity index (χ0n) is 14.9. The lowest BCUT2D eigenvalue weighted by molar-refractivity contribution is -0.123. The predicted octanol–water partition coefficient (Wildman–Crippen LogP) is 3.05. The van der Waals surface area contributed by atoms with E-state index in [1.54, 1.807) is 6.07 Å². The molecule has 0 aliphatic carbocycles. The minimum absolute atomic E-state index is 0.00786. The van der Waals surface area contributed by atoms with E-state index in [0.29, 0.717) is 17.3 Å². The van der Waals surface area contributed by atoms with Gasteiger partial charge in [0.25, 0.3) is 0 Å². The number of nitrogens with one attached hydrogen (secondary N) is 1. The van der Waals surface area contributed by atoms with Gasteiger partial charge in [-0.05, 0) is 36.8 Å². The highest BCUT2D eigenvalue weighted by Crippen LogP contribution is 2.27. The molecule has 1 amide bonds. The highest BCUT2D eigenvalue weighted by Gasteiger charge is 2.21. The largest absolute Gasteiger partial charge is 0.506 e. The molecule has 0 aromatic heterocycles. The summed E-state index contributed by atoms with van der Waals surface area (Å²) in [6, 6.07) is 14.8. The number of nitrogens with zero attached hydrogens (tertiary/aromatic N) is 2. The molecule has 2 N–H and O–H groups in total. The summed E-state index contributed by atoms with van der Waals surface area (Å²) >= 11 is 6.01. The quantitative estimate of drug-likeness (QED) is 0.845. The summed E-state index contributed by atoms with van der Waals surface area (Å²) in [5.41, 5.74) is 1.85. The molecule has 0 unspecified atom stereocenters. The van der Waals surface area contributed by atoms with Crippen LogP contribution in [0.5, 0.6) is 5.75 Å². The van der Waals surface area contributed by atoms with Gasteiger partial charge in [0.15, 0.2) is 0 Å². The monoisotopic (exact) mass is 373 g/mol. The number of aromatic hydroxyl groups is 1. The number of piperazine rings is 1. The molecule has 2 aromatic carbocycles.